The zero-order valence-electron chi connectivity index (χ0n) is 9.61. The highest BCUT2D eigenvalue weighted by molar-refractivity contribution is 5.67. The van der Waals surface area contributed by atoms with Crippen molar-refractivity contribution in [3.8, 4) is 0 Å². The molecule has 4 heteroatoms. The lowest BCUT2D eigenvalue weighted by Crippen LogP contribution is -2.41. The average Bonchev–Trinajstić information content (AvgIpc) is 2.18. The number of hydrogen-bond acceptors (Lipinski definition) is 3. The van der Waals surface area contributed by atoms with E-state index < -0.39 is 5.97 Å². The predicted molar refractivity (Wildman–Crippen MR) is 57.9 cm³/mol. The number of rotatable bonds is 5. The standard InChI is InChI=1S/C11H21NO3/c1-9(7-11(13)14)12-5-3-10(4-6-12)8-15-2/h9-10H,3-8H2,1-2H3,(H,13,14). The van der Waals surface area contributed by atoms with Gasteiger partial charge in [-0.3, -0.25) is 4.79 Å². The van der Waals surface area contributed by atoms with E-state index in [1.165, 1.54) is 0 Å². The van der Waals surface area contributed by atoms with E-state index in [1.54, 1.807) is 7.11 Å². The molecule has 1 atom stereocenters. The van der Waals surface area contributed by atoms with Gasteiger partial charge in [0.15, 0.2) is 0 Å². The van der Waals surface area contributed by atoms with Crippen molar-refractivity contribution in [3.63, 3.8) is 0 Å². The number of carboxylic acid groups (broad SMARTS) is 1. The van der Waals surface area contributed by atoms with Crippen LogP contribution in [0.4, 0.5) is 0 Å². The van der Waals surface area contributed by atoms with Gasteiger partial charge in [0, 0.05) is 19.8 Å². The summed E-state index contributed by atoms with van der Waals surface area (Å²) in [4.78, 5) is 12.8. The van der Waals surface area contributed by atoms with E-state index in [-0.39, 0.29) is 12.5 Å². The number of aliphatic carboxylic acids is 1. The predicted octanol–water partition coefficient (Wildman–Crippen LogP) is 1.21. The van der Waals surface area contributed by atoms with E-state index in [0.717, 1.165) is 32.5 Å². The van der Waals surface area contributed by atoms with Crippen molar-refractivity contribution >= 4 is 5.97 Å². The number of ether oxygens (including phenoxy) is 1. The van der Waals surface area contributed by atoms with Gasteiger partial charge < -0.3 is 14.7 Å². The molecule has 1 N–H and O–H groups in total. The Balaban J connectivity index is 2.27. The molecule has 0 saturated carbocycles. The van der Waals surface area contributed by atoms with Crippen LogP contribution in [0.5, 0.6) is 0 Å². The minimum absolute atomic E-state index is 0.158. The third-order valence-electron chi connectivity index (χ3n) is 3.14. The Bertz CT molecular complexity index is 200. The van der Waals surface area contributed by atoms with Crippen LogP contribution in [0.25, 0.3) is 0 Å². The molecule has 1 aliphatic heterocycles. The molecular formula is C11H21NO3. The molecule has 1 saturated heterocycles. The summed E-state index contributed by atoms with van der Waals surface area (Å²) in [5.41, 5.74) is 0. The lowest BCUT2D eigenvalue weighted by Gasteiger charge is -2.35. The normalized spacial score (nSPS) is 21.5. The summed E-state index contributed by atoms with van der Waals surface area (Å²) in [7, 11) is 1.74. The fourth-order valence-corrected chi connectivity index (χ4v) is 2.18. The van der Waals surface area contributed by atoms with Crippen molar-refractivity contribution in [2.75, 3.05) is 26.8 Å². The zero-order valence-corrected chi connectivity index (χ0v) is 9.61. The van der Waals surface area contributed by atoms with Crippen LogP contribution in [0.3, 0.4) is 0 Å². The topological polar surface area (TPSA) is 49.8 Å². The Morgan fingerprint density at radius 1 is 1.53 bits per heavy atom. The minimum atomic E-state index is -0.707. The summed E-state index contributed by atoms with van der Waals surface area (Å²) in [6.07, 6.45) is 2.49. The SMILES string of the molecule is COCC1CCN(C(C)CC(=O)O)CC1. The van der Waals surface area contributed by atoms with Gasteiger partial charge in [0.1, 0.15) is 0 Å². The summed E-state index contributed by atoms with van der Waals surface area (Å²) in [5, 5.41) is 8.70. The molecule has 4 nitrogen and oxygen atoms in total. The Morgan fingerprint density at radius 2 is 2.13 bits per heavy atom. The van der Waals surface area contributed by atoms with E-state index in [9.17, 15) is 4.79 Å². The van der Waals surface area contributed by atoms with E-state index in [2.05, 4.69) is 4.90 Å². The van der Waals surface area contributed by atoms with Crippen LogP contribution in [0.1, 0.15) is 26.2 Å². The summed E-state index contributed by atoms with van der Waals surface area (Å²) in [5.74, 6) is -0.0511. The quantitative estimate of drug-likeness (QED) is 0.749. The molecule has 0 bridgehead atoms. The van der Waals surface area contributed by atoms with Crippen LogP contribution < -0.4 is 0 Å². The largest absolute Gasteiger partial charge is 0.481 e. The molecule has 0 aromatic carbocycles. The highest BCUT2D eigenvalue weighted by Gasteiger charge is 2.23. The number of nitrogens with zero attached hydrogens (tertiary/aromatic N) is 1. The van der Waals surface area contributed by atoms with Crippen LogP contribution in [0.15, 0.2) is 0 Å². The molecule has 1 fully saturated rings. The van der Waals surface area contributed by atoms with Crippen molar-refractivity contribution in [2.45, 2.75) is 32.2 Å². The molecule has 0 aromatic rings. The molecule has 1 heterocycles. The zero-order chi connectivity index (χ0) is 11.3. The summed E-state index contributed by atoms with van der Waals surface area (Å²) in [6.45, 7) is 4.83. The third kappa shape index (κ3) is 4.18. The van der Waals surface area contributed by atoms with Crippen LogP contribution in [-0.2, 0) is 9.53 Å². The first-order valence-electron chi connectivity index (χ1n) is 5.58. The molecule has 0 spiro atoms. The Kier molecular flexibility index (Phi) is 5.05. The molecular weight excluding hydrogens is 194 g/mol. The molecule has 0 radical (unpaired) electrons. The van der Waals surface area contributed by atoms with Gasteiger partial charge in [-0.15, -0.1) is 0 Å². The fraction of sp³-hybridized carbons (Fsp3) is 0.909. The van der Waals surface area contributed by atoms with Crippen LogP contribution in [-0.4, -0.2) is 48.8 Å². The van der Waals surface area contributed by atoms with Crippen molar-refractivity contribution in [1.82, 2.24) is 4.90 Å². The smallest absolute Gasteiger partial charge is 0.304 e. The van der Waals surface area contributed by atoms with Crippen molar-refractivity contribution in [3.05, 3.63) is 0 Å². The Morgan fingerprint density at radius 3 is 2.60 bits per heavy atom. The van der Waals surface area contributed by atoms with Crippen LogP contribution in [0.2, 0.25) is 0 Å². The first kappa shape index (κ1) is 12.5. The first-order valence-corrected chi connectivity index (χ1v) is 5.58. The van der Waals surface area contributed by atoms with Crippen molar-refractivity contribution in [2.24, 2.45) is 5.92 Å². The van der Waals surface area contributed by atoms with Crippen LogP contribution in [0, 0.1) is 5.92 Å². The Labute approximate surface area is 91.2 Å². The number of likely N-dealkylation sites (tertiary alicyclic amines) is 1. The van der Waals surface area contributed by atoms with Gasteiger partial charge in [0.05, 0.1) is 6.42 Å². The lowest BCUT2D eigenvalue weighted by molar-refractivity contribution is -0.138. The molecule has 1 unspecified atom stereocenters. The van der Waals surface area contributed by atoms with Gasteiger partial charge in [0.2, 0.25) is 0 Å². The molecule has 15 heavy (non-hydrogen) atoms. The van der Waals surface area contributed by atoms with Crippen LogP contribution >= 0.6 is 0 Å². The van der Waals surface area contributed by atoms with Crippen molar-refractivity contribution in [1.29, 1.82) is 0 Å². The van der Waals surface area contributed by atoms with E-state index in [4.69, 9.17) is 9.84 Å². The lowest BCUT2D eigenvalue weighted by atomic mass is 9.96. The Hall–Kier alpha value is -0.610. The van der Waals surface area contributed by atoms with Gasteiger partial charge in [0.25, 0.3) is 0 Å². The second-order valence-corrected chi connectivity index (χ2v) is 4.38. The second-order valence-electron chi connectivity index (χ2n) is 4.38. The number of carbonyl (C=O) groups is 1. The number of carboxylic acids is 1. The number of piperidine rings is 1. The average molecular weight is 215 g/mol. The number of methoxy groups -OCH3 is 1. The maximum Gasteiger partial charge on any atom is 0.304 e. The molecule has 0 aromatic heterocycles. The highest BCUT2D eigenvalue weighted by Crippen LogP contribution is 2.19. The van der Waals surface area contributed by atoms with Gasteiger partial charge in [-0.25, -0.2) is 0 Å². The summed E-state index contributed by atoms with van der Waals surface area (Å²) < 4.78 is 5.13. The summed E-state index contributed by atoms with van der Waals surface area (Å²) in [6, 6.07) is 0.158. The molecule has 1 rings (SSSR count). The molecule has 1 aliphatic rings. The van der Waals surface area contributed by atoms with E-state index in [1.807, 2.05) is 6.92 Å². The molecule has 0 aliphatic carbocycles. The maximum absolute atomic E-state index is 10.6. The van der Waals surface area contributed by atoms with Crippen molar-refractivity contribution < 1.29 is 14.6 Å². The molecule has 0 amide bonds. The molecule has 88 valence electrons. The maximum atomic E-state index is 10.6. The highest BCUT2D eigenvalue weighted by atomic mass is 16.5. The van der Waals surface area contributed by atoms with Gasteiger partial charge in [-0.2, -0.15) is 0 Å². The third-order valence-corrected chi connectivity index (χ3v) is 3.14. The fourth-order valence-electron chi connectivity index (χ4n) is 2.18. The second kappa shape index (κ2) is 6.08. The van der Waals surface area contributed by atoms with E-state index in [0.29, 0.717) is 5.92 Å². The van der Waals surface area contributed by atoms with E-state index >= 15 is 0 Å². The van der Waals surface area contributed by atoms with Gasteiger partial charge >= 0.3 is 5.97 Å². The van der Waals surface area contributed by atoms with Gasteiger partial charge in [-0.05, 0) is 38.8 Å². The minimum Gasteiger partial charge on any atom is -0.481 e. The monoisotopic (exact) mass is 215 g/mol. The van der Waals surface area contributed by atoms with Gasteiger partial charge in [-0.1, -0.05) is 0 Å². The summed E-state index contributed by atoms with van der Waals surface area (Å²) >= 11 is 0. The number of hydrogen-bond donors (Lipinski definition) is 1. The first-order chi connectivity index (χ1) is 7.13.